The minimum atomic E-state index is -3.98. The fraction of sp³-hybridized carbons (Fsp3) is 0.348. The van der Waals surface area contributed by atoms with Crippen molar-refractivity contribution in [3.05, 3.63) is 60.2 Å². The van der Waals surface area contributed by atoms with Crippen LogP contribution in [0.15, 0.2) is 59.5 Å². The first kappa shape index (κ1) is 22.8. The van der Waals surface area contributed by atoms with E-state index in [1.165, 1.54) is 12.1 Å². The van der Waals surface area contributed by atoms with Crippen molar-refractivity contribution in [3.8, 4) is 17.6 Å². The van der Waals surface area contributed by atoms with E-state index in [2.05, 4.69) is 16.7 Å². The van der Waals surface area contributed by atoms with Crippen LogP contribution in [0, 0.1) is 11.8 Å². The van der Waals surface area contributed by atoms with Crippen LogP contribution in [-0.2, 0) is 21.4 Å². The molecule has 2 aromatic carbocycles. The summed E-state index contributed by atoms with van der Waals surface area (Å²) in [5.74, 6) is 4.86. The molecule has 7 nitrogen and oxygen atoms in total. The third-order valence-electron chi connectivity index (χ3n) is 5.16. The Morgan fingerprint density at radius 1 is 1.10 bits per heavy atom. The highest BCUT2D eigenvalue weighted by atomic mass is 32.2. The van der Waals surface area contributed by atoms with Gasteiger partial charge in [0.15, 0.2) is 0 Å². The molecule has 1 saturated heterocycles. The van der Waals surface area contributed by atoms with E-state index in [4.69, 9.17) is 4.74 Å². The molecule has 0 amide bonds. The van der Waals surface area contributed by atoms with Gasteiger partial charge in [-0.05, 0) is 43.2 Å². The Labute approximate surface area is 183 Å². The summed E-state index contributed by atoms with van der Waals surface area (Å²) in [6, 6.07) is 14.7. The normalized spacial score (nSPS) is 17.9. The van der Waals surface area contributed by atoms with Crippen LogP contribution in [0.5, 0.6) is 5.75 Å². The number of sulfonamides is 1. The SMILES string of the molecule is CC#CCOc1ccc(S(=O)(=O)N2CCN(Cc3ccccc3)CCC2C(=O)O)cc1. The molecule has 1 N–H and O–H groups in total. The van der Waals surface area contributed by atoms with Gasteiger partial charge in [-0.3, -0.25) is 9.69 Å². The molecule has 1 atom stereocenters. The lowest BCUT2D eigenvalue weighted by Crippen LogP contribution is -2.45. The molecule has 1 heterocycles. The maximum atomic E-state index is 13.3. The van der Waals surface area contributed by atoms with Crippen LogP contribution in [-0.4, -0.2) is 61.0 Å². The second-order valence-electron chi connectivity index (χ2n) is 7.21. The number of carboxylic acids is 1. The summed E-state index contributed by atoms with van der Waals surface area (Å²) in [5.41, 5.74) is 1.11. The summed E-state index contributed by atoms with van der Waals surface area (Å²) in [7, 11) is -3.98. The van der Waals surface area contributed by atoms with Crippen molar-refractivity contribution >= 4 is 16.0 Å². The van der Waals surface area contributed by atoms with Crippen molar-refractivity contribution in [2.45, 2.75) is 30.8 Å². The Bertz CT molecular complexity index is 1040. The molecule has 3 rings (SSSR count). The Balaban J connectivity index is 1.77. The Hall–Kier alpha value is -2.86. The van der Waals surface area contributed by atoms with E-state index >= 15 is 0 Å². The third kappa shape index (κ3) is 5.85. The molecule has 2 aromatic rings. The lowest BCUT2D eigenvalue weighted by molar-refractivity contribution is -0.141. The number of ether oxygens (including phenoxy) is 1. The molecule has 0 aromatic heterocycles. The second kappa shape index (κ2) is 10.4. The van der Waals surface area contributed by atoms with Crippen LogP contribution >= 0.6 is 0 Å². The molecule has 31 heavy (non-hydrogen) atoms. The third-order valence-corrected chi connectivity index (χ3v) is 7.08. The average Bonchev–Trinajstić information content (AvgIpc) is 2.98. The number of rotatable bonds is 7. The molecular formula is C23H26N2O5S. The molecule has 0 bridgehead atoms. The lowest BCUT2D eigenvalue weighted by atomic mass is 10.2. The van der Waals surface area contributed by atoms with Crippen molar-refractivity contribution in [2.24, 2.45) is 0 Å². The van der Waals surface area contributed by atoms with Gasteiger partial charge < -0.3 is 9.84 Å². The van der Waals surface area contributed by atoms with Gasteiger partial charge in [-0.1, -0.05) is 36.3 Å². The minimum absolute atomic E-state index is 0.0455. The van der Waals surface area contributed by atoms with Crippen molar-refractivity contribution in [1.29, 1.82) is 0 Å². The molecule has 1 fully saturated rings. The van der Waals surface area contributed by atoms with Crippen molar-refractivity contribution < 1.29 is 23.1 Å². The molecular weight excluding hydrogens is 416 g/mol. The fourth-order valence-corrected chi connectivity index (χ4v) is 5.13. The highest BCUT2D eigenvalue weighted by Gasteiger charge is 2.38. The Morgan fingerprint density at radius 2 is 1.81 bits per heavy atom. The fourth-order valence-electron chi connectivity index (χ4n) is 3.53. The summed E-state index contributed by atoms with van der Waals surface area (Å²) in [4.78, 5) is 14.0. The summed E-state index contributed by atoms with van der Waals surface area (Å²) in [5, 5.41) is 9.73. The molecule has 0 spiro atoms. The summed E-state index contributed by atoms with van der Waals surface area (Å²) >= 11 is 0. The number of aliphatic carboxylic acids is 1. The van der Waals surface area contributed by atoms with Crippen molar-refractivity contribution in [3.63, 3.8) is 0 Å². The molecule has 1 unspecified atom stereocenters. The van der Waals surface area contributed by atoms with Crippen molar-refractivity contribution in [1.82, 2.24) is 9.21 Å². The highest BCUT2D eigenvalue weighted by molar-refractivity contribution is 7.89. The van der Waals surface area contributed by atoms with Crippen LogP contribution in [0.4, 0.5) is 0 Å². The van der Waals surface area contributed by atoms with Gasteiger partial charge in [0.1, 0.15) is 18.4 Å². The lowest BCUT2D eigenvalue weighted by Gasteiger charge is -2.26. The maximum absolute atomic E-state index is 13.3. The zero-order valence-corrected chi connectivity index (χ0v) is 18.2. The number of carboxylic acid groups (broad SMARTS) is 1. The Morgan fingerprint density at radius 3 is 2.45 bits per heavy atom. The van der Waals surface area contributed by atoms with Crippen LogP contribution < -0.4 is 4.74 Å². The van der Waals surface area contributed by atoms with E-state index in [1.54, 1.807) is 19.1 Å². The molecule has 164 valence electrons. The Kier molecular flexibility index (Phi) is 7.69. The molecule has 8 heteroatoms. The predicted molar refractivity (Wildman–Crippen MR) is 117 cm³/mol. The van der Waals surface area contributed by atoms with E-state index in [-0.39, 0.29) is 24.5 Å². The molecule has 0 radical (unpaired) electrons. The average molecular weight is 443 g/mol. The van der Waals surface area contributed by atoms with Gasteiger partial charge in [0.05, 0.1) is 4.90 Å². The molecule has 1 aliphatic heterocycles. The molecule has 0 aliphatic carbocycles. The molecule has 1 aliphatic rings. The van der Waals surface area contributed by atoms with Crippen LogP contribution in [0.1, 0.15) is 18.9 Å². The van der Waals surface area contributed by atoms with Gasteiger partial charge in [0, 0.05) is 26.2 Å². The first-order valence-electron chi connectivity index (χ1n) is 10.0. The standard InChI is InChI=1S/C23H26N2O5S/c1-2-3-17-30-20-9-11-21(12-10-20)31(28,29)25-16-15-24(14-13-22(25)23(26)27)18-19-7-5-4-6-8-19/h4-12,22H,13-18H2,1H3,(H,26,27). The van der Waals surface area contributed by atoms with Gasteiger partial charge >= 0.3 is 5.97 Å². The number of nitrogens with zero attached hydrogens (tertiary/aromatic N) is 2. The van der Waals surface area contributed by atoms with Gasteiger partial charge in [-0.15, -0.1) is 5.92 Å². The van der Waals surface area contributed by atoms with Gasteiger partial charge in [0.25, 0.3) is 0 Å². The van der Waals surface area contributed by atoms with Gasteiger partial charge in [-0.25, -0.2) is 8.42 Å². The zero-order chi connectivity index (χ0) is 22.3. The van der Waals surface area contributed by atoms with E-state index in [0.29, 0.717) is 25.4 Å². The zero-order valence-electron chi connectivity index (χ0n) is 17.4. The highest BCUT2D eigenvalue weighted by Crippen LogP contribution is 2.24. The topological polar surface area (TPSA) is 87.2 Å². The number of benzene rings is 2. The monoisotopic (exact) mass is 442 g/mol. The van der Waals surface area contributed by atoms with E-state index in [0.717, 1.165) is 9.87 Å². The first-order valence-corrected chi connectivity index (χ1v) is 11.5. The van der Waals surface area contributed by atoms with Gasteiger partial charge in [0.2, 0.25) is 10.0 Å². The quantitative estimate of drug-likeness (QED) is 0.663. The number of hydrogen-bond donors (Lipinski definition) is 1. The van der Waals surface area contributed by atoms with Crippen molar-refractivity contribution in [2.75, 3.05) is 26.2 Å². The minimum Gasteiger partial charge on any atom is -0.481 e. The van der Waals surface area contributed by atoms with E-state index in [1.807, 2.05) is 30.3 Å². The number of hydrogen-bond acceptors (Lipinski definition) is 5. The summed E-state index contributed by atoms with van der Waals surface area (Å²) < 4.78 is 33.1. The van der Waals surface area contributed by atoms with Crippen LogP contribution in [0.3, 0.4) is 0 Å². The smallest absolute Gasteiger partial charge is 0.322 e. The largest absolute Gasteiger partial charge is 0.481 e. The number of carbonyl (C=O) groups is 1. The first-order chi connectivity index (χ1) is 14.9. The predicted octanol–water partition coefficient (Wildman–Crippen LogP) is 2.44. The summed E-state index contributed by atoms with van der Waals surface area (Å²) in [6.45, 7) is 3.63. The second-order valence-corrected chi connectivity index (χ2v) is 9.10. The van der Waals surface area contributed by atoms with Crippen LogP contribution in [0.25, 0.3) is 0 Å². The van der Waals surface area contributed by atoms with E-state index < -0.39 is 22.0 Å². The molecule has 0 saturated carbocycles. The maximum Gasteiger partial charge on any atom is 0.322 e. The van der Waals surface area contributed by atoms with E-state index in [9.17, 15) is 18.3 Å². The summed E-state index contributed by atoms with van der Waals surface area (Å²) in [6.07, 6.45) is 0.221. The van der Waals surface area contributed by atoms with Crippen LogP contribution in [0.2, 0.25) is 0 Å². The van der Waals surface area contributed by atoms with Gasteiger partial charge in [-0.2, -0.15) is 4.31 Å².